The minimum atomic E-state index is -4.41. The third-order valence-corrected chi connectivity index (χ3v) is 18.2. The van der Waals surface area contributed by atoms with E-state index in [4.69, 9.17) is 18.9 Å². The highest BCUT2D eigenvalue weighted by Crippen LogP contribution is 2.42. The Kier molecular flexibility index (Phi) is 38.8. The van der Waals surface area contributed by atoms with Crippen molar-refractivity contribution in [1.82, 2.24) is 0 Å². The number of azo groups is 4. The number of aromatic nitrogens is 1. The molecule has 0 fully saturated rings. The first-order chi connectivity index (χ1) is 58.1. The molecule has 0 unspecified atom stereocenters. The number of nitrogens with zero attached hydrogens (tertiary/aromatic N) is 12. The fraction of sp³-hybridized carbons (Fsp3) is 0.242. The largest absolute Gasteiger partial charge is 1.00 e. The van der Waals surface area contributed by atoms with E-state index >= 15 is 0 Å². The fourth-order valence-electron chi connectivity index (χ4n) is 10.9. The molecule has 0 atom stereocenters. The quantitative estimate of drug-likeness (QED) is 0.0110. The topological polar surface area (TPSA) is 374 Å². The summed E-state index contributed by atoms with van der Waals surface area (Å²) in [4.78, 5) is 0. The second-order valence-electron chi connectivity index (χ2n) is 29.6. The molecule has 0 saturated carbocycles. The molecule has 12 aromatic carbocycles. The lowest BCUT2D eigenvalue weighted by molar-refractivity contribution is -0.870. The molecule has 123 heavy (non-hydrogen) atoms. The zero-order chi connectivity index (χ0) is 89.1. The van der Waals surface area contributed by atoms with E-state index < -0.39 is 20.8 Å². The molecule has 0 bridgehead atoms. The van der Waals surface area contributed by atoms with E-state index in [-0.39, 0.29) is 41.2 Å². The van der Waals surface area contributed by atoms with Crippen molar-refractivity contribution < 1.29 is 109 Å². The number of halogens is 1. The van der Waals surface area contributed by atoms with Crippen LogP contribution in [0.4, 0.5) is 45.5 Å². The summed E-state index contributed by atoms with van der Waals surface area (Å²) in [5.74, 6) is 3.25. The van der Waals surface area contributed by atoms with Crippen LogP contribution in [0.3, 0.4) is 0 Å². The summed E-state index contributed by atoms with van der Waals surface area (Å²) in [7, 11) is 13.9. The maximum absolute atomic E-state index is 10.3. The van der Waals surface area contributed by atoms with Gasteiger partial charge in [0.1, 0.15) is 138 Å². The van der Waals surface area contributed by atoms with Gasteiger partial charge < -0.3 is 79.4 Å². The lowest BCUT2D eigenvalue weighted by Crippen LogP contribution is -3.00. The molecule has 5 N–H and O–H groups in total. The third kappa shape index (κ3) is 33.7. The van der Waals surface area contributed by atoms with Gasteiger partial charge in [-0.25, -0.2) is 21.4 Å². The average Bonchev–Trinajstić information content (AvgIpc) is 0.815. The van der Waals surface area contributed by atoms with E-state index in [9.17, 15) is 51.5 Å². The molecule has 0 aliphatic carbocycles. The van der Waals surface area contributed by atoms with Gasteiger partial charge in [-0.15, -0.1) is 40.9 Å². The van der Waals surface area contributed by atoms with Crippen molar-refractivity contribution in [3.8, 4) is 51.7 Å². The number of pyridine rings is 1. The Balaban J connectivity index is 0.000000240. The SMILES string of the molecule is CC.COS(=O)(=O)[O-].COS(=O)(=O)[O-].C[N+](C)(C)CCOc1ccccc1N=Nc1c(O)ccc2ccc(O)cc12.C[N+](C)(C)CCOc1ccccc1N=Nc1c(O)ccc2ccccc12.C[N+](C)(C)CCOc1ccccc1N=Nc1ccc(O)c2ccccc12.C[n+]1ccccc1CCOc1ccccc1N=Nc1c(O)ccc2ccccc12.[Cl-]. The molecule has 0 radical (unpaired) electrons. The predicted octanol–water partition coefficient (Wildman–Crippen LogP) is 16.5. The smallest absolute Gasteiger partial charge is 0.217 e. The molecule has 0 aliphatic rings. The van der Waals surface area contributed by atoms with E-state index in [1.54, 1.807) is 54.6 Å². The van der Waals surface area contributed by atoms with Crippen LogP contribution in [0.1, 0.15) is 19.5 Å². The highest BCUT2D eigenvalue weighted by Gasteiger charge is 2.17. The first-order valence-corrected chi connectivity index (χ1v) is 41.2. The number of fused-ring (bicyclic) bond motifs is 4. The number of rotatable bonds is 26. The molecule has 13 aromatic rings. The Bertz CT molecular complexity index is 5910. The van der Waals surface area contributed by atoms with E-state index in [0.717, 1.165) is 91.4 Å². The van der Waals surface area contributed by atoms with Gasteiger partial charge in [-0.2, -0.15) is 0 Å². The molecule has 0 aliphatic heterocycles. The van der Waals surface area contributed by atoms with Crippen molar-refractivity contribution in [1.29, 1.82) is 0 Å². The van der Waals surface area contributed by atoms with Gasteiger partial charge in [0, 0.05) is 39.1 Å². The van der Waals surface area contributed by atoms with Crippen LogP contribution >= 0.6 is 0 Å². The van der Waals surface area contributed by atoms with Crippen LogP contribution < -0.4 is 35.9 Å². The number of phenolic OH excluding ortho intramolecular Hbond substituents is 5. The number of quaternary nitrogens is 3. The average molecular weight is 1740 g/mol. The predicted molar refractivity (Wildman–Crippen MR) is 473 cm³/mol. The van der Waals surface area contributed by atoms with Crippen molar-refractivity contribution in [2.24, 2.45) is 48.0 Å². The minimum absolute atomic E-state index is 0. The molecule has 0 amide bonds. The molecule has 0 saturated heterocycles. The number of para-hydroxylation sites is 4. The second kappa shape index (κ2) is 48.1. The van der Waals surface area contributed by atoms with Gasteiger partial charge in [0.2, 0.25) is 20.8 Å². The van der Waals surface area contributed by atoms with E-state index in [2.05, 4.69) is 123 Å². The Hall–Kier alpha value is -12.7. The number of likely N-dealkylation sites (N-methyl/N-ethyl adjacent to an activating group) is 3. The molecular weight excluding hydrogens is 1630 g/mol. The number of hydrogen-bond acceptors (Lipinski definition) is 25. The van der Waals surface area contributed by atoms with Crippen LogP contribution in [0.5, 0.6) is 51.7 Å². The number of benzene rings is 12. The fourth-order valence-corrected chi connectivity index (χ4v) is 10.9. The van der Waals surface area contributed by atoms with Crippen molar-refractivity contribution in [3.05, 3.63) is 267 Å². The van der Waals surface area contributed by atoms with Gasteiger partial charge in [-0.05, 0) is 107 Å². The molecular formula is C91H106ClN12O17S2+. The maximum Gasteiger partial charge on any atom is 0.217 e. The number of aromatic hydroxyl groups is 5. The molecule has 650 valence electrons. The van der Waals surface area contributed by atoms with Crippen molar-refractivity contribution in [3.63, 3.8) is 0 Å². The highest BCUT2D eigenvalue weighted by atomic mass is 35.5. The first kappa shape index (κ1) is 99.2. The molecule has 13 rings (SSSR count). The van der Waals surface area contributed by atoms with Crippen LogP contribution in [-0.2, 0) is 42.6 Å². The second-order valence-corrected chi connectivity index (χ2v) is 31.9. The van der Waals surface area contributed by atoms with E-state index in [0.29, 0.717) is 100 Å². The summed E-state index contributed by atoms with van der Waals surface area (Å²) in [5.41, 5.74) is 5.65. The van der Waals surface area contributed by atoms with Gasteiger partial charge in [-0.3, -0.25) is 8.37 Å². The highest BCUT2D eigenvalue weighted by molar-refractivity contribution is 7.81. The number of phenols is 5. The van der Waals surface area contributed by atoms with Crippen LogP contribution in [0, 0.1) is 0 Å². The zero-order valence-corrected chi connectivity index (χ0v) is 73.6. The zero-order valence-electron chi connectivity index (χ0n) is 71.2. The molecule has 29 nitrogen and oxygen atoms in total. The Labute approximate surface area is 724 Å². The molecule has 1 aromatic heterocycles. The Morgan fingerprint density at radius 1 is 0.333 bits per heavy atom. The normalized spacial score (nSPS) is 11.5. The minimum Gasteiger partial charge on any atom is -1.00 e. The number of hydrogen-bond donors (Lipinski definition) is 5. The molecule has 32 heteroatoms. The standard InChI is InChI=1S/C24H21N3O2.C21H23N3O3.2C21H23N3O2.C2H6.2CH4O4S.ClH/c1-27-16-7-6-9-19(27)15-17-29-23-12-5-4-11-21(23)25-26-24-20-10-3-2-8-18(20)13-14-22(24)28;1-24(2,3)12-13-27-20-7-5-4-6-18(20)22-23-21-17-14-16(25)10-8-15(17)9-11-19(21)26;1-24(2,3)14-15-26-21-11-7-6-10-19(21)23-22-18-12-13-20(25)17-9-5-4-8-16(17)18;1-24(2,3)14-15-26-20-11-7-6-10-18(20)22-23-21-17-9-5-4-8-16(17)12-13-19(21)25;1-2;2*1-5-6(2,3)4;/h2-14,16H,15,17H2,1H3;4-11,14H,12-13H2,1-3H3,(H-,22,25,26);2*4-13H,14-15H2,1-3H3;1-2H3;2*1H3,(H,2,3,4);1H/p+1. The van der Waals surface area contributed by atoms with Crippen molar-refractivity contribution in [2.45, 2.75) is 20.3 Å². The lowest BCUT2D eigenvalue weighted by Gasteiger charge is -2.23. The first-order valence-electron chi connectivity index (χ1n) is 38.5. The summed E-state index contributed by atoms with van der Waals surface area (Å²) in [6.45, 7) is 8.93. The van der Waals surface area contributed by atoms with Crippen molar-refractivity contribution >= 4 is 109 Å². The summed E-state index contributed by atoms with van der Waals surface area (Å²) in [5, 5.41) is 91.9. The summed E-state index contributed by atoms with van der Waals surface area (Å²) in [6.07, 6.45) is 2.81. The van der Waals surface area contributed by atoms with Gasteiger partial charge in [0.05, 0.1) is 96.4 Å². The van der Waals surface area contributed by atoms with Gasteiger partial charge in [0.25, 0.3) is 0 Å². The maximum atomic E-state index is 10.3. The van der Waals surface area contributed by atoms with Crippen LogP contribution in [-0.4, -0.2) is 189 Å². The summed E-state index contributed by atoms with van der Waals surface area (Å²) in [6, 6.07) is 78.0. The number of ether oxygens (including phenoxy) is 4. The Morgan fingerprint density at radius 3 is 1.00 bits per heavy atom. The van der Waals surface area contributed by atoms with E-state index in [1.807, 2.05) is 221 Å². The van der Waals surface area contributed by atoms with Gasteiger partial charge in [0.15, 0.2) is 11.9 Å². The van der Waals surface area contributed by atoms with E-state index in [1.165, 1.54) is 5.69 Å². The third-order valence-electron chi connectivity index (χ3n) is 17.3. The van der Waals surface area contributed by atoms with Crippen LogP contribution in [0.25, 0.3) is 43.1 Å². The van der Waals surface area contributed by atoms with Gasteiger partial charge >= 0.3 is 0 Å². The molecule has 1 heterocycles. The molecule has 0 spiro atoms. The van der Waals surface area contributed by atoms with Crippen LogP contribution in [0.15, 0.2) is 302 Å². The Morgan fingerprint density at radius 2 is 0.626 bits per heavy atom. The number of aryl methyl sites for hydroxylation is 1. The summed E-state index contributed by atoms with van der Waals surface area (Å²) >= 11 is 0. The van der Waals surface area contributed by atoms with Crippen LogP contribution in [0.2, 0.25) is 0 Å². The van der Waals surface area contributed by atoms with Crippen molar-refractivity contribution in [2.75, 3.05) is 124 Å². The summed E-state index contributed by atoms with van der Waals surface area (Å²) < 4.78 is 90.2. The lowest BCUT2D eigenvalue weighted by atomic mass is 10.1. The van der Waals surface area contributed by atoms with Gasteiger partial charge in [-0.1, -0.05) is 166 Å². The monoisotopic (exact) mass is 1740 g/mol.